The molecule has 1 amide bonds. The zero-order valence-electron chi connectivity index (χ0n) is 10.5. The van der Waals surface area contributed by atoms with Crippen LogP contribution in [0, 0.1) is 0 Å². The minimum Gasteiger partial charge on any atom is -0.495 e. The zero-order valence-corrected chi connectivity index (χ0v) is 11.3. The normalized spacial score (nSPS) is 10.6. The molecule has 0 saturated heterocycles. The molecule has 19 heavy (non-hydrogen) atoms. The summed E-state index contributed by atoms with van der Waals surface area (Å²) in [5, 5.41) is 0. The summed E-state index contributed by atoms with van der Waals surface area (Å²) < 4.78 is 36.4. The molecule has 1 rings (SSSR count). The van der Waals surface area contributed by atoms with Crippen LogP contribution in [0.4, 0.5) is 16.2 Å². The maximum absolute atomic E-state index is 11.6. The largest absolute Gasteiger partial charge is 0.495 e. The first-order chi connectivity index (χ1) is 8.88. The molecule has 0 aliphatic carbocycles. The van der Waals surface area contributed by atoms with E-state index in [-0.39, 0.29) is 12.3 Å². The molecule has 0 atom stereocenters. The van der Waals surface area contributed by atoms with Gasteiger partial charge in [0.05, 0.1) is 25.1 Å². The van der Waals surface area contributed by atoms with E-state index in [9.17, 15) is 13.2 Å². The van der Waals surface area contributed by atoms with Crippen molar-refractivity contribution in [2.75, 3.05) is 24.2 Å². The second-order valence-corrected chi connectivity index (χ2v) is 4.80. The second-order valence-electron chi connectivity index (χ2n) is 3.38. The summed E-state index contributed by atoms with van der Waals surface area (Å²) in [6, 6.07) is 4.29. The standard InChI is InChI=1S/C10H15N3O5S/c1-3-18-10(14)13-19(15,16)12-7-4-5-8(11)9(6-7)17-2/h4-6,12H,3,11H2,1-2H3,(H,13,14). The Balaban J connectivity index is 2.81. The van der Waals surface area contributed by atoms with Crippen molar-refractivity contribution >= 4 is 27.7 Å². The summed E-state index contributed by atoms with van der Waals surface area (Å²) in [5.74, 6) is 0.316. The SMILES string of the molecule is CCOC(=O)NS(=O)(=O)Nc1ccc(N)c(OC)c1. The average Bonchev–Trinajstić information content (AvgIpc) is 2.30. The first-order valence-corrected chi connectivity index (χ1v) is 6.77. The van der Waals surface area contributed by atoms with E-state index < -0.39 is 16.3 Å². The molecule has 0 aliphatic rings. The highest BCUT2D eigenvalue weighted by Crippen LogP contribution is 2.25. The Bertz CT molecular complexity index is 558. The molecule has 0 spiro atoms. The number of rotatable bonds is 5. The molecule has 0 aromatic heterocycles. The molecular formula is C10H15N3O5S. The topological polar surface area (TPSA) is 120 Å². The summed E-state index contributed by atoms with van der Waals surface area (Å²) in [5.41, 5.74) is 6.15. The van der Waals surface area contributed by atoms with Crippen LogP contribution in [0.15, 0.2) is 18.2 Å². The molecule has 1 aromatic carbocycles. The molecule has 0 aliphatic heterocycles. The van der Waals surface area contributed by atoms with Crippen LogP contribution in [0.1, 0.15) is 6.92 Å². The maximum Gasteiger partial charge on any atom is 0.422 e. The van der Waals surface area contributed by atoms with E-state index in [4.69, 9.17) is 10.5 Å². The Hall–Kier alpha value is -2.16. The second kappa shape index (κ2) is 6.14. The quantitative estimate of drug-likeness (QED) is 0.686. The molecule has 9 heteroatoms. The van der Waals surface area contributed by atoms with Gasteiger partial charge in [0.15, 0.2) is 0 Å². The number of nitrogens with two attached hydrogens (primary N) is 1. The first kappa shape index (κ1) is 14.9. The Labute approximate surface area is 111 Å². The van der Waals surface area contributed by atoms with Crippen molar-refractivity contribution in [3.8, 4) is 5.75 Å². The van der Waals surface area contributed by atoms with Gasteiger partial charge in [-0.15, -0.1) is 0 Å². The van der Waals surface area contributed by atoms with E-state index in [1.54, 1.807) is 11.6 Å². The van der Waals surface area contributed by atoms with Crippen LogP contribution in [0.5, 0.6) is 5.75 Å². The molecule has 0 unspecified atom stereocenters. The number of nitrogens with one attached hydrogen (secondary N) is 2. The monoisotopic (exact) mass is 289 g/mol. The third-order valence-corrected chi connectivity index (χ3v) is 2.92. The fourth-order valence-corrected chi connectivity index (χ4v) is 1.99. The number of benzene rings is 1. The number of carbonyl (C=O) groups excluding carboxylic acids is 1. The van der Waals surface area contributed by atoms with Gasteiger partial charge in [-0.05, 0) is 19.1 Å². The lowest BCUT2D eigenvalue weighted by molar-refractivity contribution is 0.159. The van der Waals surface area contributed by atoms with E-state index in [1.807, 2.05) is 0 Å². The van der Waals surface area contributed by atoms with Gasteiger partial charge >= 0.3 is 16.3 Å². The lowest BCUT2D eigenvalue weighted by Gasteiger charge is -2.11. The minimum atomic E-state index is -4.06. The van der Waals surface area contributed by atoms with Crippen LogP contribution in [-0.4, -0.2) is 28.2 Å². The predicted octanol–water partition coefficient (Wildman–Crippen LogP) is 0.680. The number of ether oxygens (including phenoxy) is 2. The third-order valence-electron chi connectivity index (χ3n) is 1.98. The van der Waals surface area contributed by atoms with Gasteiger partial charge < -0.3 is 15.2 Å². The van der Waals surface area contributed by atoms with Gasteiger partial charge in [0.25, 0.3) is 0 Å². The maximum atomic E-state index is 11.6. The Morgan fingerprint density at radius 1 is 1.42 bits per heavy atom. The molecule has 8 nitrogen and oxygen atoms in total. The number of hydrogen-bond acceptors (Lipinski definition) is 6. The van der Waals surface area contributed by atoms with E-state index in [0.29, 0.717) is 11.4 Å². The summed E-state index contributed by atoms with van der Waals surface area (Å²) in [7, 11) is -2.66. The van der Waals surface area contributed by atoms with Gasteiger partial charge in [-0.1, -0.05) is 0 Å². The van der Waals surface area contributed by atoms with Gasteiger partial charge in [-0.25, -0.2) is 9.52 Å². The molecule has 0 bridgehead atoms. The van der Waals surface area contributed by atoms with Crippen molar-refractivity contribution in [1.82, 2.24) is 4.72 Å². The van der Waals surface area contributed by atoms with Crippen LogP contribution >= 0.6 is 0 Å². The first-order valence-electron chi connectivity index (χ1n) is 5.28. The zero-order chi connectivity index (χ0) is 14.5. The van der Waals surface area contributed by atoms with Crippen molar-refractivity contribution < 1.29 is 22.7 Å². The van der Waals surface area contributed by atoms with E-state index in [0.717, 1.165) is 0 Å². The lowest BCUT2D eigenvalue weighted by atomic mass is 10.3. The van der Waals surface area contributed by atoms with Crippen molar-refractivity contribution in [2.45, 2.75) is 6.92 Å². The number of methoxy groups -OCH3 is 1. The Kier molecular flexibility index (Phi) is 4.81. The highest BCUT2D eigenvalue weighted by molar-refractivity contribution is 7.91. The molecule has 0 heterocycles. The predicted molar refractivity (Wildman–Crippen MR) is 70.1 cm³/mol. The van der Waals surface area contributed by atoms with Gasteiger partial charge in [-0.3, -0.25) is 4.72 Å². The highest BCUT2D eigenvalue weighted by Gasteiger charge is 2.15. The van der Waals surface area contributed by atoms with Crippen LogP contribution in [0.2, 0.25) is 0 Å². The number of amides is 1. The van der Waals surface area contributed by atoms with Gasteiger partial charge in [0.1, 0.15) is 5.75 Å². The summed E-state index contributed by atoms with van der Waals surface area (Å²) >= 11 is 0. The lowest BCUT2D eigenvalue weighted by Crippen LogP contribution is -2.35. The van der Waals surface area contributed by atoms with E-state index in [1.165, 1.54) is 25.3 Å². The van der Waals surface area contributed by atoms with Crippen LogP contribution in [-0.2, 0) is 14.9 Å². The Morgan fingerprint density at radius 3 is 2.68 bits per heavy atom. The fourth-order valence-electron chi connectivity index (χ4n) is 1.23. The average molecular weight is 289 g/mol. The van der Waals surface area contributed by atoms with Crippen molar-refractivity contribution in [3.63, 3.8) is 0 Å². The molecule has 4 N–H and O–H groups in total. The number of carbonyl (C=O) groups is 1. The van der Waals surface area contributed by atoms with Crippen LogP contribution < -0.4 is 19.9 Å². The summed E-state index contributed by atoms with van der Waals surface area (Å²) in [4.78, 5) is 11.0. The van der Waals surface area contributed by atoms with Crippen molar-refractivity contribution in [1.29, 1.82) is 0 Å². The molecule has 0 radical (unpaired) electrons. The Morgan fingerprint density at radius 2 is 2.11 bits per heavy atom. The molecule has 1 aromatic rings. The van der Waals surface area contributed by atoms with Crippen LogP contribution in [0.3, 0.4) is 0 Å². The molecule has 0 fully saturated rings. The summed E-state index contributed by atoms with van der Waals surface area (Å²) in [6.07, 6.45) is -1.06. The van der Waals surface area contributed by atoms with E-state index >= 15 is 0 Å². The number of nitrogen functional groups attached to an aromatic ring is 1. The van der Waals surface area contributed by atoms with Crippen molar-refractivity contribution in [3.05, 3.63) is 18.2 Å². The summed E-state index contributed by atoms with van der Waals surface area (Å²) in [6.45, 7) is 1.63. The molecule has 106 valence electrons. The van der Waals surface area contributed by atoms with Gasteiger partial charge in [-0.2, -0.15) is 8.42 Å². The third kappa shape index (κ3) is 4.54. The van der Waals surface area contributed by atoms with Crippen molar-refractivity contribution in [2.24, 2.45) is 0 Å². The van der Waals surface area contributed by atoms with Gasteiger partial charge in [0.2, 0.25) is 0 Å². The molecular weight excluding hydrogens is 274 g/mol. The smallest absolute Gasteiger partial charge is 0.422 e. The number of anilines is 2. The minimum absolute atomic E-state index is 0.0665. The fraction of sp³-hybridized carbons (Fsp3) is 0.300. The van der Waals surface area contributed by atoms with Gasteiger partial charge in [0, 0.05) is 6.07 Å². The van der Waals surface area contributed by atoms with E-state index in [2.05, 4.69) is 9.46 Å². The number of hydrogen-bond donors (Lipinski definition) is 3. The highest BCUT2D eigenvalue weighted by atomic mass is 32.2. The molecule has 0 saturated carbocycles. The van der Waals surface area contributed by atoms with Crippen LogP contribution in [0.25, 0.3) is 0 Å².